The molecule has 2 aromatic rings. The maximum Gasteiger partial charge on any atom is 0.251 e. The van der Waals surface area contributed by atoms with Crippen molar-refractivity contribution in [2.24, 2.45) is 0 Å². The predicted octanol–water partition coefficient (Wildman–Crippen LogP) is 0.554. The minimum Gasteiger partial charge on any atom is -0.349 e. The monoisotopic (exact) mass is 229 g/mol. The molecule has 0 spiro atoms. The van der Waals surface area contributed by atoms with Crippen molar-refractivity contribution in [3.05, 3.63) is 36.2 Å². The maximum atomic E-state index is 11.7. The van der Waals surface area contributed by atoms with Gasteiger partial charge in [-0.3, -0.25) is 4.79 Å². The van der Waals surface area contributed by atoms with E-state index in [4.69, 9.17) is 0 Å². The van der Waals surface area contributed by atoms with Crippen molar-refractivity contribution in [3.63, 3.8) is 0 Å². The van der Waals surface area contributed by atoms with Gasteiger partial charge >= 0.3 is 0 Å². The molecule has 1 amide bonds. The fraction of sp³-hybridized carbons (Fsp3) is 0.273. The number of carbonyl (C=O) groups is 1. The molecular weight excluding hydrogens is 218 g/mol. The summed E-state index contributed by atoms with van der Waals surface area (Å²) >= 11 is 0. The van der Waals surface area contributed by atoms with Crippen molar-refractivity contribution in [2.75, 3.05) is 0 Å². The average Bonchev–Trinajstić information content (AvgIpc) is 3.00. The minimum atomic E-state index is -0.0178. The molecule has 1 aromatic heterocycles. The highest BCUT2D eigenvalue weighted by Gasteiger charge is 2.23. The van der Waals surface area contributed by atoms with Crippen molar-refractivity contribution in [3.8, 4) is 5.69 Å². The number of hydrogen-bond donors (Lipinski definition) is 1. The smallest absolute Gasteiger partial charge is 0.251 e. The summed E-state index contributed by atoms with van der Waals surface area (Å²) < 4.78 is 1.54. The molecule has 0 unspecified atom stereocenters. The molecule has 1 saturated carbocycles. The van der Waals surface area contributed by atoms with Gasteiger partial charge < -0.3 is 5.32 Å². The summed E-state index contributed by atoms with van der Waals surface area (Å²) in [6, 6.07) is 7.56. The van der Waals surface area contributed by atoms with Crippen LogP contribution in [0, 0.1) is 0 Å². The Morgan fingerprint density at radius 1 is 1.29 bits per heavy atom. The van der Waals surface area contributed by atoms with Gasteiger partial charge in [-0.25, -0.2) is 4.68 Å². The van der Waals surface area contributed by atoms with Crippen molar-refractivity contribution < 1.29 is 4.79 Å². The van der Waals surface area contributed by atoms with Gasteiger partial charge in [0.25, 0.3) is 5.91 Å². The van der Waals surface area contributed by atoms with Crippen LogP contribution in [0.3, 0.4) is 0 Å². The highest BCUT2D eigenvalue weighted by Crippen LogP contribution is 2.19. The van der Waals surface area contributed by atoms with Crippen LogP contribution in [0.4, 0.5) is 0 Å². The van der Waals surface area contributed by atoms with Gasteiger partial charge in [0.05, 0.1) is 5.69 Å². The number of nitrogens with zero attached hydrogens (tertiary/aromatic N) is 4. The first-order valence-electron chi connectivity index (χ1n) is 5.47. The van der Waals surface area contributed by atoms with Crippen molar-refractivity contribution in [2.45, 2.75) is 18.9 Å². The van der Waals surface area contributed by atoms with Crippen LogP contribution in [-0.4, -0.2) is 32.2 Å². The van der Waals surface area contributed by atoms with Gasteiger partial charge in [-0.1, -0.05) is 0 Å². The SMILES string of the molecule is O=C(NC1CC1)c1ccc(-n2cnnn2)cc1. The molecule has 1 aliphatic rings. The predicted molar refractivity (Wildman–Crippen MR) is 59.6 cm³/mol. The third kappa shape index (κ3) is 2.15. The van der Waals surface area contributed by atoms with Gasteiger partial charge in [0, 0.05) is 11.6 Å². The van der Waals surface area contributed by atoms with E-state index in [2.05, 4.69) is 20.8 Å². The Labute approximate surface area is 97.6 Å². The second kappa shape index (κ2) is 3.97. The Balaban J connectivity index is 1.77. The highest BCUT2D eigenvalue weighted by molar-refractivity contribution is 5.94. The lowest BCUT2D eigenvalue weighted by molar-refractivity contribution is 0.0951. The normalized spacial score (nSPS) is 14.6. The van der Waals surface area contributed by atoms with Gasteiger partial charge in [0.15, 0.2) is 0 Å². The van der Waals surface area contributed by atoms with Crippen LogP contribution in [0.1, 0.15) is 23.2 Å². The lowest BCUT2D eigenvalue weighted by atomic mass is 10.2. The third-order valence-electron chi connectivity index (χ3n) is 2.66. The molecule has 1 heterocycles. The number of aromatic nitrogens is 4. The number of benzene rings is 1. The fourth-order valence-corrected chi connectivity index (χ4v) is 1.54. The lowest BCUT2D eigenvalue weighted by Crippen LogP contribution is -2.25. The fourth-order valence-electron chi connectivity index (χ4n) is 1.54. The zero-order valence-electron chi connectivity index (χ0n) is 9.08. The Morgan fingerprint density at radius 2 is 2.06 bits per heavy atom. The number of nitrogens with one attached hydrogen (secondary N) is 1. The molecule has 1 aromatic carbocycles. The van der Waals surface area contributed by atoms with Gasteiger partial charge in [-0.05, 0) is 47.5 Å². The summed E-state index contributed by atoms with van der Waals surface area (Å²) in [5, 5.41) is 13.8. The molecule has 0 atom stereocenters. The topological polar surface area (TPSA) is 72.7 Å². The minimum absolute atomic E-state index is 0.0178. The number of amides is 1. The standard InChI is InChI=1S/C11H11N5O/c17-11(13-9-3-4-9)8-1-5-10(6-2-8)16-7-12-14-15-16/h1-2,5-7,9H,3-4H2,(H,13,17). The Bertz CT molecular complexity index is 515. The molecule has 6 nitrogen and oxygen atoms in total. The van der Waals surface area contributed by atoms with E-state index in [0.29, 0.717) is 11.6 Å². The zero-order valence-corrected chi connectivity index (χ0v) is 9.08. The molecule has 0 radical (unpaired) electrons. The molecule has 3 rings (SSSR count). The van der Waals surface area contributed by atoms with Crippen LogP contribution >= 0.6 is 0 Å². The highest BCUT2D eigenvalue weighted by atomic mass is 16.1. The van der Waals surface area contributed by atoms with Crippen LogP contribution in [0.15, 0.2) is 30.6 Å². The van der Waals surface area contributed by atoms with E-state index in [1.54, 1.807) is 16.8 Å². The molecule has 1 fully saturated rings. The van der Waals surface area contributed by atoms with Gasteiger partial charge in [0.2, 0.25) is 0 Å². The second-order valence-electron chi connectivity index (χ2n) is 4.05. The molecule has 1 aliphatic carbocycles. The number of hydrogen-bond acceptors (Lipinski definition) is 4. The summed E-state index contributed by atoms with van der Waals surface area (Å²) in [4.78, 5) is 11.7. The maximum absolute atomic E-state index is 11.7. The second-order valence-corrected chi connectivity index (χ2v) is 4.05. The first-order valence-corrected chi connectivity index (χ1v) is 5.47. The largest absolute Gasteiger partial charge is 0.349 e. The van der Waals surface area contributed by atoms with Gasteiger partial charge in [0.1, 0.15) is 6.33 Å². The molecule has 86 valence electrons. The van der Waals surface area contributed by atoms with Crippen LogP contribution in [-0.2, 0) is 0 Å². The van der Waals surface area contributed by atoms with Gasteiger partial charge in [-0.15, -0.1) is 5.10 Å². The van der Waals surface area contributed by atoms with E-state index in [1.807, 2.05) is 12.1 Å². The van der Waals surface area contributed by atoms with E-state index in [-0.39, 0.29) is 5.91 Å². The van der Waals surface area contributed by atoms with Crippen molar-refractivity contribution >= 4 is 5.91 Å². The molecule has 17 heavy (non-hydrogen) atoms. The van der Waals surface area contributed by atoms with E-state index in [0.717, 1.165) is 18.5 Å². The first kappa shape index (κ1) is 9.95. The van der Waals surface area contributed by atoms with Crippen LogP contribution < -0.4 is 5.32 Å². The Morgan fingerprint density at radius 3 is 2.65 bits per heavy atom. The first-order chi connectivity index (χ1) is 8.33. The molecule has 6 heteroatoms. The molecule has 1 N–H and O–H groups in total. The molecule has 0 bridgehead atoms. The van der Waals surface area contributed by atoms with E-state index in [9.17, 15) is 4.79 Å². The van der Waals surface area contributed by atoms with Crippen molar-refractivity contribution in [1.82, 2.24) is 25.5 Å². The van der Waals surface area contributed by atoms with Crippen LogP contribution in [0.2, 0.25) is 0 Å². The number of tetrazole rings is 1. The van der Waals surface area contributed by atoms with Crippen LogP contribution in [0.5, 0.6) is 0 Å². The summed E-state index contributed by atoms with van der Waals surface area (Å²) in [7, 11) is 0. The molecular formula is C11H11N5O. The quantitative estimate of drug-likeness (QED) is 0.834. The Kier molecular flexibility index (Phi) is 2.32. The average molecular weight is 229 g/mol. The van der Waals surface area contributed by atoms with Crippen LogP contribution in [0.25, 0.3) is 5.69 Å². The van der Waals surface area contributed by atoms with E-state index in [1.165, 1.54) is 6.33 Å². The van der Waals surface area contributed by atoms with E-state index >= 15 is 0 Å². The zero-order chi connectivity index (χ0) is 11.7. The Hall–Kier alpha value is -2.24. The molecule has 0 saturated heterocycles. The number of rotatable bonds is 3. The van der Waals surface area contributed by atoms with Gasteiger partial charge in [-0.2, -0.15) is 0 Å². The van der Waals surface area contributed by atoms with E-state index < -0.39 is 0 Å². The summed E-state index contributed by atoms with van der Waals surface area (Å²) in [5.41, 5.74) is 1.49. The van der Waals surface area contributed by atoms with Crippen molar-refractivity contribution in [1.29, 1.82) is 0 Å². The molecule has 0 aliphatic heterocycles. The third-order valence-corrected chi connectivity index (χ3v) is 2.66. The summed E-state index contributed by atoms with van der Waals surface area (Å²) in [6.07, 6.45) is 3.70. The summed E-state index contributed by atoms with van der Waals surface area (Å²) in [5.74, 6) is -0.0178. The lowest BCUT2D eigenvalue weighted by Gasteiger charge is -2.04. The summed E-state index contributed by atoms with van der Waals surface area (Å²) in [6.45, 7) is 0. The number of carbonyl (C=O) groups excluding carboxylic acids is 1.